The van der Waals surface area contributed by atoms with E-state index in [4.69, 9.17) is 11.6 Å². The maximum atomic E-state index is 13.7. The fraction of sp³-hybridized carbons (Fsp3) is 0.310. The Balaban J connectivity index is 1.64. The zero-order valence-electron chi connectivity index (χ0n) is 21.2. The minimum atomic E-state index is -1.58. The topological polar surface area (TPSA) is 69.7 Å². The molecular formula is C29H32ClN3O3S. The molecule has 0 aromatic heterocycles. The Hall–Kier alpha value is -3.00. The van der Waals surface area contributed by atoms with E-state index in [1.807, 2.05) is 12.1 Å². The highest BCUT2D eigenvalue weighted by molar-refractivity contribution is 7.85. The molecule has 8 heteroatoms. The average Bonchev–Trinajstić information content (AvgIpc) is 3.00. The number of benzene rings is 3. The highest BCUT2D eigenvalue weighted by atomic mass is 35.5. The molecule has 2 amide bonds. The van der Waals surface area contributed by atoms with Gasteiger partial charge in [-0.15, -0.1) is 0 Å². The average molecular weight is 538 g/mol. The lowest BCUT2D eigenvalue weighted by Crippen LogP contribution is -2.35. The zero-order valence-corrected chi connectivity index (χ0v) is 22.8. The molecule has 0 fully saturated rings. The summed E-state index contributed by atoms with van der Waals surface area (Å²) in [6, 6.07) is 19.3. The van der Waals surface area contributed by atoms with Gasteiger partial charge in [0.2, 0.25) is 0 Å². The van der Waals surface area contributed by atoms with Crippen LogP contribution in [0.5, 0.6) is 0 Å². The molecule has 1 N–H and O–H groups in total. The van der Waals surface area contributed by atoms with E-state index in [1.165, 1.54) is 0 Å². The smallest absolute Gasteiger partial charge is 0.259 e. The second-order valence-electron chi connectivity index (χ2n) is 9.01. The largest absolute Gasteiger partial charge is 0.351 e. The van der Waals surface area contributed by atoms with Crippen LogP contribution in [0.15, 0.2) is 76.5 Å². The van der Waals surface area contributed by atoms with Gasteiger partial charge in [-0.2, -0.15) is 0 Å². The lowest BCUT2D eigenvalue weighted by molar-refractivity contribution is 0.0945. The second-order valence-corrected chi connectivity index (χ2v) is 10.9. The first kappa shape index (κ1) is 27.0. The molecule has 4 rings (SSSR count). The van der Waals surface area contributed by atoms with Gasteiger partial charge in [0.05, 0.1) is 38.4 Å². The van der Waals surface area contributed by atoms with Gasteiger partial charge in [0.25, 0.3) is 11.8 Å². The summed E-state index contributed by atoms with van der Waals surface area (Å²) in [5.74, 6) is -0.494. The summed E-state index contributed by atoms with van der Waals surface area (Å²) in [6.07, 6.45) is 2.26. The van der Waals surface area contributed by atoms with E-state index < -0.39 is 10.8 Å². The first-order valence-electron chi connectivity index (χ1n) is 12.6. The minimum Gasteiger partial charge on any atom is -0.351 e. The van der Waals surface area contributed by atoms with Crippen LogP contribution in [-0.4, -0.2) is 47.1 Å². The van der Waals surface area contributed by atoms with Crippen LogP contribution in [-0.2, 0) is 17.3 Å². The SMILES string of the molecule is CCCCN(CC)CCNC(=O)c1ccc2c(c1)N(Cc1cccc(Cl)c1)C(=O)c1ccccc1S2=O. The van der Waals surface area contributed by atoms with Crippen molar-refractivity contribution in [3.63, 3.8) is 0 Å². The first-order chi connectivity index (χ1) is 17.9. The van der Waals surface area contributed by atoms with E-state index in [0.717, 1.165) is 38.0 Å². The molecule has 0 bridgehead atoms. The molecule has 194 valence electrons. The maximum absolute atomic E-state index is 13.7. The van der Waals surface area contributed by atoms with Gasteiger partial charge in [0.15, 0.2) is 0 Å². The summed E-state index contributed by atoms with van der Waals surface area (Å²) >= 11 is 6.20. The lowest BCUT2D eigenvalue weighted by Gasteiger charge is -2.24. The molecule has 3 aromatic carbocycles. The number of hydrogen-bond acceptors (Lipinski definition) is 4. The highest BCUT2D eigenvalue weighted by Crippen LogP contribution is 2.36. The van der Waals surface area contributed by atoms with E-state index in [9.17, 15) is 13.8 Å². The summed E-state index contributed by atoms with van der Waals surface area (Å²) in [4.78, 5) is 31.7. The molecule has 0 spiro atoms. The molecular weight excluding hydrogens is 506 g/mol. The Kier molecular flexibility index (Phi) is 9.14. The Morgan fingerprint density at radius 1 is 1.00 bits per heavy atom. The van der Waals surface area contributed by atoms with Crippen LogP contribution >= 0.6 is 11.6 Å². The van der Waals surface area contributed by atoms with Crippen molar-refractivity contribution < 1.29 is 13.8 Å². The van der Waals surface area contributed by atoms with Crippen molar-refractivity contribution in [1.29, 1.82) is 0 Å². The summed E-state index contributed by atoms with van der Waals surface area (Å²) in [6.45, 7) is 7.75. The normalized spacial score (nSPS) is 14.8. The van der Waals surface area contributed by atoms with Crippen LogP contribution in [0.3, 0.4) is 0 Å². The van der Waals surface area contributed by atoms with Crippen molar-refractivity contribution in [2.75, 3.05) is 31.1 Å². The monoisotopic (exact) mass is 537 g/mol. The van der Waals surface area contributed by atoms with Crippen molar-refractivity contribution in [3.05, 3.63) is 88.4 Å². The van der Waals surface area contributed by atoms with E-state index in [-0.39, 0.29) is 18.4 Å². The molecule has 1 aliphatic rings. The predicted octanol–water partition coefficient (Wildman–Crippen LogP) is 5.52. The van der Waals surface area contributed by atoms with Crippen LogP contribution in [0.1, 0.15) is 53.0 Å². The van der Waals surface area contributed by atoms with E-state index in [2.05, 4.69) is 24.1 Å². The van der Waals surface area contributed by atoms with E-state index >= 15 is 0 Å². The molecule has 1 atom stereocenters. The molecule has 1 unspecified atom stereocenters. The van der Waals surface area contributed by atoms with E-state index in [1.54, 1.807) is 59.5 Å². The maximum Gasteiger partial charge on any atom is 0.259 e. The van der Waals surface area contributed by atoms with Gasteiger partial charge in [0, 0.05) is 23.7 Å². The van der Waals surface area contributed by atoms with Crippen molar-refractivity contribution in [1.82, 2.24) is 10.2 Å². The Morgan fingerprint density at radius 2 is 1.81 bits per heavy atom. The van der Waals surface area contributed by atoms with Gasteiger partial charge in [-0.25, -0.2) is 4.21 Å². The van der Waals surface area contributed by atoms with Crippen LogP contribution in [0.4, 0.5) is 5.69 Å². The van der Waals surface area contributed by atoms with Crippen molar-refractivity contribution in [2.45, 2.75) is 43.0 Å². The van der Waals surface area contributed by atoms with Crippen LogP contribution in [0.2, 0.25) is 5.02 Å². The number of fused-ring (bicyclic) bond motifs is 2. The summed E-state index contributed by atoms with van der Waals surface area (Å²) < 4.78 is 13.6. The first-order valence-corrected chi connectivity index (χ1v) is 14.2. The van der Waals surface area contributed by atoms with Crippen molar-refractivity contribution in [2.24, 2.45) is 0 Å². The molecule has 0 aliphatic carbocycles. The molecule has 3 aromatic rings. The van der Waals surface area contributed by atoms with Gasteiger partial charge in [-0.05, 0) is 67.5 Å². The molecule has 1 aliphatic heterocycles. The summed E-state index contributed by atoms with van der Waals surface area (Å²) in [5, 5.41) is 3.56. The Bertz CT molecular complexity index is 1310. The van der Waals surface area contributed by atoms with Gasteiger partial charge < -0.3 is 15.1 Å². The summed E-state index contributed by atoms with van der Waals surface area (Å²) in [7, 11) is -1.58. The number of unbranched alkanes of at least 4 members (excludes halogenated alkanes) is 1. The Morgan fingerprint density at radius 3 is 2.57 bits per heavy atom. The number of nitrogens with zero attached hydrogens (tertiary/aromatic N) is 2. The van der Waals surface area contributed by atoms with Gasteiger partial charge >= 0.3 is 0 Å². The lowest BCUT2D eigenvalue weighted by atomic mass is 10.1. The molecule has 0 saturated heterocycles. The third-order valence-electron chi connectivity index (χ3n) is 6.49. The molecule has 0 saturated carbocycles. The predicted molar refractivity (Wildman–Crippen MR) is 149 cm³/mol. The number of amides is 2. The number of likely N-dealkylation sites (N-methyl/N-ethyl adjacent to an activating group) is 1. The van der Waals surface area contributed by atoms with Crippen molar-refractivity contribution in [3.8, 4) is 0 Å². The van der Waals surface area contributed by atoms with Gasteiger partial charge in [-0.3, -0.25) is 9.59 Å². The molecule has 37 heavy (non-hydrogen) atoms. The number of anilines is 1. The number of nitrogens with one attached hydrogen (secondary N) is 1. The number of carbonyl (C=O) groups excluding carboxylic acids is 2. The van der Waals surface area contributed by atoms with Gasteiger partial charge in [-0.1, -0.05) is 56.1 Å². The van der Waals surface area contributed by atoms with E-state index in [0.29, 0.717) is 38.2 Å². The fourth-order valence-electron chi connectivity index (χ4n) is 4.42. The van der Waals surface area contributed by atoms with Gasteiger partial charge in [0.1, 0.15) is 0 Å². The molecule has 6 nitrogen and oxygen atoms in total. The van der Waals surface area contributed by atoms with Crippen LogP contribution in [0.25, 0.3) is 0 Å². The zero-order chi connectivity index (χ0) is 26.4. The number of halogens is 1. The van der Waals surface area contributed by atoms with Crippen LogP contribution in [0, 0.1) is 0 Å². The second kappa shape index (κ2) is 12.5. The molecule has 1 heterocycles. The minimum absolute atomic E-state index is 0.225. The number of hydrogen-bond donors (Lipinski definition) is 1. The van der Waals surface area contributed by atoms with Crippen LogP contribution < -0.4 is 10.2 Å². The third kappa shape index (κ3) is 6.29. The fourth-order valence-corrected chi connectivity index (χ4v) is 5.98. The van der Waals surface area contributed by atoms with Crippen molar-refractivity contribution >= 4 is 39.9 Å². The highest BCUT2D eigenvalue weighted by Gasteiger charge is 2.31. The quantitative estimate of drug-likeness (QED) is 0.370. The third-order valence-corrected chi connectivity index (χ3v) is 8.23. The number of rotatable bonds is 10. The standard InChI is InChI=1S/C29H32ClN3O3S/c1-3-5-16-32(4-2)17-15-31-28(34)22-13-14-27-25(19-22)33(20-21-9-8-10-23(30)18-21)29(35)24-11-6-7-12-26(24)37(27)36/h6-14,18-19H,3-5,15-17,20H2,1-2H3,(H,31,34). The Labute approximate surface area is 226 Å². The number of carbonyl (C=O) groups is 2. The molecule has 0 radical (unpaired) electrons. The summed E-state index contributed by atoms with van der Waals surface area (Å²) in [5.41, 5.74) is 2.10.